The summed E-state index contributed by atoms with van der Waals surface area (Å²) in [6.07, 6.45) is 1.48. The number of hydrogen-bond acceptors (Lipinski definition) is 3. The van der Waals surface area contributed by atoms with E-state index in [1.165, 1.54) is 0 Å². The lowest BCUT2D eigenvalue weighted by molar-refractivity contribution is -0.159. The second-order valence-electron chi connectivity index (χ2n) is 6.02. The predicted molar refractivity (Wildman–Crippen MR) is 85.0 cm³/mol. The van der Waals surface area contributed by atoms with Crippen LogP contribution in [0.3, 0.4) is 0 Å². The van der Waals surface area contributed by atoms with Gasteiger partial charge >= 0.3 is 0 Å². The number of piperazine rings is 1. The summed E-state index contributed by atoms with van der Waals surface area (Å²) < 4.78 is 0. The zero-order chi connectivity index (χ0) is 15.6. The number of thiophene rings is 1. The molecule has 1 fully saturated rings. The number of hydrogen-bond donors (Lipinski definition) is 1. The molecule has 2 amide bonds. The second-order valence-corrected chi connectivity index (χ2v) is 6.80. The first kappa shape index (κ1) is 16.0. The van der Waals surface area contributed by atoms with Crippen molar-refractivity contribution in [3.05, 3.63) is 22.4 Å². The van der Waals surface area contributed by atoms with Crippen molar-refractivity contribution >= 4 is 23.2 Å². The van der Waals surface area contributed by atoms with Crippen molar-refractivity contribution in [3.8, 4) is 0 Å². The van der Waals surface area contributed by atoms with Crippen molar-refractivity contribution in [1.29, 1.82) is 0 Å². The van der Waals surface area contributed by atoms with E-state index in [9.17, 15) is 9.59 Å². The molecular formula is C16H24N2O2S. The molecule has 116 valence electrons. The first-order valence-corrected chi connectivity index (χ1v) is 8.51. The van der Waals surface area contributed by atoms with E-state index in [0.717, 1.165) is 12.0 Å². The number of nitrogens with zero attached hydrogens (tertiary/aromatic N) is 1. The molecule has 3 unspecified atom stereocenters. The summed E-state index contributed by atoms with van der Waals surface area (Å²) in [5.41, 5.74) is 0.328. The molecule has 0 saturated carbocycles. The molecule has 21 heavy (non-hydrogen) atoms. The molecule has 1 aliphatic heterocycles. The Balaban J connectivity index is 2.33. The molecule has 4 nitrogen and oxygen atoms in total. The van der Waals surface area contributed by atoms with Crippen LogP contribution in [0.4, 0.5) is 0 Å². The molecule has 0 bridgehead atoms. The van der Waals surface area contributed by atoms with Crippen LogP contribution in [0.15, 0.2) is 16.8 Å². The molecule has 1 saturated heterocycles. The normalized spacial score (nSPS) is 27.6. The highest BCUT2D eigenvalue weighted by Crippen LogP contribution is 2.29. The van der Waals surface area contributed by atoms with Crippen LogP contribution in [0.25, 0.3) is 0 Å². The number of rotatable bonds is 5. The summed E-state index contributed by atoms with van der Waals surface area (Å²) >= 11 is 1.61. The maximum Gasteiger partial charge on any atom is 0.246 e. The van der Waals surface area contributed by atoms with Crippen LogP contribution in [-0.4, -0.2) is 28.3 Å². The van der Waals surface area contributed by atoms with E-state index in [2.05, 4.69) is 5.32 Å². The molecule has 0 radical (unpaired) electrons. The Morgan fingerprint density at radius 1 is 1.43 bits per heavy atom. The van der Waals surface area contributed by atoms with E-state index in [1.807, 2.05) is 44.5 Å². The van der Waals surface area contributed by atoms with Crippen LogP contribution >= 0.6 is 11.3 Å². The van der Waals surface area contributed by atoms with Gasteiger partial charge in [-0.2, -0.15) is 11.3 Å². The third-order valence-electron chi connectivity index (χ3n) is 4.73. The highest BCUT2D eigenvalue weighted by Gasteiger charge is 2.49. The first-order chi connectivity index (χ1) is 9.93. The summed E-state index contributed by atoms with van der Waals surface area (Å²) in [6.45, 7) is 8.38. The Morgan fingerprint density at radius 3 is 2.67 bits per heavy atom. The summed E-state index contributed by atoms with van der Waals surface area (Å²) in [6, 6.07) is 1.61. The fourth-order valence-corrected chi connectivity index (χ4v) is 3.34. The molecule has 1 aromatic rings. The molecule has 3 atom stereocenters. The Labute approximate surface area is 130 Å². The van der Waals surface area contributed by atoms with Crippen molar-refractivity contribution in [1.82, 2.24) is 10.2 Å². The average molecular weight is 308 g/mol. The van der Waals surface area contributed by atoms with E-state index in [-0.39, 0.29) is 17.7 Å². The molecular weight excluding hydrogens is 284 g/mol. The van der Waals surface area contributed by atoms with Crippen molar-refractivity contribution in [3.63, 3.8) is 0 Å². The average Bonchev–Trinajstić information content (AvgIpc) is 2.99. The molecule has 1 aromatic heterocycles. The van der Waals surface area contributed by atoms with Crippen molar-refractivity contribution in [2.45, 2.75) is 58.7 Å². The second kappa shape index (κ2) is 6.18. The Kier molecular flexibility index (Phi) is 4.71. The lowest BCUT2D eigenvalue weighted by atomic mass is 9.86. The van der Waals surface area contributed by atoms with Gasteiger partial charge < -0.3 is 10.2 Å². The van der Waals surface area contributed by atoms with Gasteiger partial charge in [0.2, 0.25) is 11.8 Å². The van der Waals surface area contributed by atoms with E-state index >= 15 is 0 Å². The lowest BCUT2D eigenvalue weighted by Crippen LogP contribution is -2.70. The molecule has 0 spiro atoms. The molecule has 0 aromatic carbocycles. The van der Waals surface area contributed by atoms with Crippen molar-refractivity contribution < 1.29 is 9.59 Å². The number of carbonyl (C=O) groups excluding carboxylic acids is 2. The van der Waals surface area contributed by atoms with Crippen LogP contribution in [-0.2, 0) is 16.1 Å². The highest BCUT2D eigenvalue weighted by molar-refractivity contribution is 7.07. The van der Waals surface area contributed by atoms with Crippen LogP contribution in [0.1, 0.15) is 46.1 Å². The third kappa shape index (κ3) is 2.84. The Morgan fingerprint density at radius 2 is 2.14 bits per heavy atom. The minimum atomic E-state index is -0.761. The SMILES string of the molecule is CCC(C)C1NC(=O)C(C)(CC)N(Cc2ccsc2)C1=O. The minimum absolute atomic E-state index is 0.0369. The summed E-state index contributed by atoms with van der Waals surface area (Å²) in [4.78, 5) is 27.2. The largest absolute Gasteiger partial charge is 0.342 e. The van der Waals surface area contributed by atoms with E-state index in [1.54, 1.807) is 16.2 Å². The molecule has 1 aliphatic rings. The maximum atomic E-state index is 12.9. The molecule has 2 rings (SSSR count). The fourth-order valence-electron chi connectivity index (χ4n) is 2.68. The zero-order valence-electron chi connectivity index (χ0n) is 13.2. The van der Waals surface area contributed by atoms with Gasteiger partial charge in [0.05, 0.1) is 0 Å². The van der Waals surface area contributed by atoms with E-state index in [0.29, 0.717) is 13.0 Å². The maximum absolute atomic E-state index is 12.9. The van der Waals surface area contributed by atoms with Crippen LogP contribution in [0.5, 0.6) is 0 Å². The Hall–Kier alpha value is -1.36. The molecule has 0 aliphatic carbocycles. The molecule has 5 heteroatoms. The van der Waals surface area contributed by atoms with Crippen molar-refractivity contribution in [2.24, 2.45) is 5.92 Å². The van der Waals surface area contributed by atoms with Gasteiger partial charge in [-0.15, -0.1) is 0 Å². The van der Waals surface area contributed by atoms with Crippen LogP contribution in [0, 0.1) is 5.92 Å². The Bertz CT molecular complexity index is 514. The highest BCUT2D eigenvalue weighted by atomic mass is 32.1. The van der Waals surface area contributed by atoms with Gasteiger partial charge in [0, 0.05) is 6.54 Å². The van der Waals surface area contributed by atoms with Gasteiger partial charge in [-0.3, -0.25) is 9.59 Å². The standard InChI is InChI=1S/C16H24N2O2S/c1-5-11(3)13-14(19)18(9-12-7-8-21-10-12)16(4,6-2)15(20)17-13/h7-8,10-11,13H,5-6,9H2,1-4H3,(H,17,20). The number of carbonyl (C=O) groups is 2. The van der Waals surface area contributed by atoms with Crippen molar-refractivity contribution in [2.75, 3.05) is 0 Å². The topological polar surface area (TPSA) is 49.4 Å². The van der Waals surface area contributed by atoms with Gasteiger partial charge in [-0.1, -0.05) is 27.2 Å². The van der Waals surface area contributed by atoms with Gasteiger partial charge in [0.15, 0.2) is 0 Å². The van der Waals surface area contributed by atoms with Crippen LogP contribution < -0.4 is 5.32 Å². The first-order valence-electron chi connectivity index (χ1n) is 7.57. The quantitative estimate of drug-likeness (QED) is 0.909. The smallest absolute Gasteiger partial charge is 0.246 e. The van der Waals surface area contributed by atoms with Gasteiger partial charge in [0.1, 0.15) is 11.6 Å². The molecule has 1 N–H and O–H groups in total. The monoisotopic (exact) mass is 308 g/mol. The fraction of sp³-hybridized carbons (Fsp3) is 0.625. The van der Waals surface area contributed by atoms with E-state index in [4.69, 9.17) is 0 Å². The predicted octanol–water partition coefficient (Wildman–Crippen LogP) is 2.79. The van der Waals surface area contributed by atoms with Gasteiger partial charge in [0.25, 0.3) is 0 Å². The third-order valence-corrected chi connectivity index (χ3v) is 5.46. The summed E-state index contributed by atoms with van der Waals surface area (Å²) in [5, 5.41) is 6.98. The van der Waals surface area contributed by atoms with E-state index < -0.39 is 11.6 Å². The van der Waals surface area contributed by atoms with Crippen LogP contribution in [0.2, 0.25) is 0 Å². The lowest BCUT2D eigenvalue weighted by Gasteiger charge is -2.47. The number of amides is 2. The summed E-state index contributed by atoms with van der Waals surface area (Å²) in [7, 11) is 0. The van der Waals surface area contributed by atoms with Gasteiger partial charge in [-0.25, -0.2) is 0 Å². The minimum Gasteiger partial charge on any atom is -0.342 e. The van der Waals surface area contributed by atoms with Gasteiger partial charge in [-0.05, 0) is 41.7 Å². The number of nitrogens with one attached hydrogen (secondary N) is 1. The molecule has 2 heterocycles. The summed E-state index contributed by atoms with van der Waals surface area (Å²) in [5.74, 6) is 0.150. The zero-order valence-corrected chi connectivity index (χ0v) is 14.0.